The summed E-state index contributed by atoms with van der Waals surface area (Å²) in [6.45, 7) is 8.87. The van der Waals surface area contributed by atoms with E-state index in [9.17, 15) is 18.0 Å². The molecule has 0 bridgehead atoms. The van der Waals surface area contributed by atoms with Crippen LogP contribution in [0.1, 0.15) is 49.9 Å². The molecule has 4 rings (SSSR count). The predicted molar refractivity (Wildman–Crippen MR) is 157 cm³/mol. The van der Waals surface area contributed by atoms with Crippen LogP contribution >= 0.6 is 0 Å². The number of aryl methyl sites for hydroxylation is 1. The highest BCUT2D eigenvalue weighted by molar-refractivity contribution is 7.89. The van der Waals surface area contributed by atoms with Gasteiger partial charge in [-0.1, -0.05) is 42.0 Å². The van der Waals surface area contributed by atoms with Crippen molar-refractivity contribution in [2.75, 3.05) is 29.9 Å². The number of nitrogens with zero attached hydrogens (tertiary/aromatic N) is 2. The number of hydrogen-bond donors (Lipinski definition) is 1. The van der Waals surface area contributed by atoms with Gasteiger partial charge in [-0.25, -0.2) is 8.42 Å². The first kappa shape index (κ1) is 29.3. The van der Waals surface area contributed by atoms with Gasteiger partial charge < -0.3 is 15.0 Å². The Balaban J connectivity index is 1.42. The van der Waals surface area contributed by atoms with E-state index in [1.807, 2.05) is 55.5 Å². The molecule has 0 aliphatic carbocycles. The molecule has 0 saturated carbocycles. The molecule has 1 aliphatic rings. The van der Waals surface area contributed by atoms with Gasteiger partial charge >= 0.3 is 5.97 Å². The number of esters is 1. The molecule has 40 heavy (non-hydrogen) atoms. The summed E-state index contributed by atoms with van der Waals surface area (Å²) < 4.78 is 33.9. The van der Waals surface area contributed by atoms with E-state index in [1.54, 1.807) is 24.3 Å². The third-order valence-electron chi connectivity index (χ3n) is 7.16. The number of rotatable bonds is 10. The monoisotopic (exact) mass is 563 g/mol. The molecule has 0 fully saturated rings. The zero-order valence-corrected chi connectivity index (χ0v) is 24.3. The Morgan fingerprint density at radius 3 is 2.35 bits per heavy atom. The van der Waals surface area contributed by atoms with Crippen LogP contribution in [0.4, 0.5) is 11.4 Å². The van der Waals surface area contributed by atoms with E-state index in [2.05, 4.69) is 31.0 Å². The Morgan fingerprint density at radius 2 is 1.70 bits per heavy atom. The van der Waals surface area contributed by atoms with Crippen LogP contribution in [0.25, 0.3) is 0 Å². The van der Waals surface area contributed by atoms with E-state index < -0.39 is 34.5 Å². The number of ether oxygens (including phenoxy) is 1. The Morgan fingerprint density at radius 1 is 1.02 bits per heavy atom. The molecule has 0 aromatic heterocycles. The lowest BCUT2D eigenvalue weighted by Crippen LogP contribution is -2.41. The number of sulfonamides is 1. The number of anilines is 2. The zero-order chi connectivity index (χ0) is 28.9. The summed E-state index contributed by atoms with van der Waals surface area (Å²) in [6, 6.07) is 21.3. The SMILES string of the molecule is CCN(c1ccc(NC(=O)COC(=O)C[C@H]2c3ccccc3CCN2S(=O)(=O)c2ccc(C)cc2)cc1)C(C)C. The number of fused-ring (bicyclic) bond motifs is 1. The third-order valence-corrected chi connectivity index (χ3v) is 9.08. The topological polar surface area (TPSA) is 96.0 Å². The van der Waals surface area contributed by atoms with Crippen LogP contribution in [0.5, 0.6) is 0 Å². The van der Waals surface area contributed by atoms with E-state index >= 15 is 0 Å². The summed E-state index contributed by atoms with van der Waals surface area (Å²) in [5.41, 5.74) is 4.38. The van der Waals surface area contributed by atoms with Crippen LogP contribution in [-0.4, -0.2) is 50.3 Å². The van der Waals surface area contributed by atoms with Gasteiger partial charge in [-0.05, 0) is 81.6 Å². The van der Waals surface area contributed by atoms with Crippen molar-refractivity contribution in [3.8, 4) is 0 Å². The molecule has 1 N–H and O–H groups in total. The van der Waals surface area contributed by atoms with Crippen molar-refractivity contribution < 1.29 is 22.7 Å². The fourth-order valence-electron chi connectivity index (χ4n) is 5.12. The highest BCUT2D eigenvalue weighted by Gasteiger charge is 2.37. The number of carbonyl (C=O) groups excluding carboxylic acids is 2. The third kappa shape index (κ3) is 6.71. The summed E-state index contributed by atoms with van der Waals surface area (Å²) in [5, 5.41) is 2.75. The molecule has 8 nitrogen and oxygen atoms in total. The van der Waals surface area contributed by atoms with E-state index in [0.717, 1.165) is 28.9 Å². The normalized spacial score (nSPS) is 15.4. The predicted octanol–water partition coefficient (Wildman–Crippen LogP) is 5.09. The van der Waals surface area contributed by atoms with Gasteiger partial charge in [-0.3, -0.25) is 9.59 Å². The van der Waals surface area contributed by atoms with Crippen molar-refractivity contribution in [3.63, 3.8) is 0 Å². The number of benzene rings is 3. The van der Waals surface area contributed by atoms with Crippen LogP contribution in [0.2, 0.25) is 0 Å². The molecule has 0 saturated heterocycles. The fourth-order valence-corrected chi connectivity index (χ4v) is 6.72. The molecule has 0 spiro atoms. The van der Waals surface area contributed by atoms with Crippen molar-refractivity contribution in [2.45, 2.75) is 57.5 Å². The smallest absolute Gasteiger partial charge is 0.308 e. The van der Waals surface area contributed by atoms with Gasteiger partial charge in [-0.15, -0.1) is 0 Å². The van der Waals surface area contributed by atoms with E-state index in [0.29, 0.717) is 18.2 Å². The summed E-state index contributed by atoms with van der Waals surface area (Å²) in [6.07, 6.45) is 0.341. The van der Waals surface area contributed by atoms with Crippen molar-refractivity contribution in [3.05, 3.63) is 89.5 Å². The number of amides is 1. The highest BCUT2D eigenvalue weighted by atomic mass is 32.2. The summed E-state index contributed by atoms with van der Waals surface area (Å²) in [4.78, 5) is 27.9. The molecule has 3 aromatic carbocycles. The van der Waals surface area contributed by atoms with Gasteiger partial charge in [0.05, 0.1) is 17.4 Å². The Hall–Kier alpha value is -3.69. The van der Waals surface area contributed by atoms with E-state index in [-0.39, 0.29) is 17.9 Å². The number of hydrogen-bond acceptors (Lipinski definition) is 6. The number of carbonyl (C=O) groups is 2. The zero-order valence-electron chi connectivity index (χ0n) is 23.5. The largest absolute Gasteiger partial charge is 0.456 e. The van der Waals surface area contributed by atoms with Gasteiger partial charge in [0.15, 0.2) is 6.61 Å². The first-order chi connectivity index (χ1) is 19.1. The van der Waals surface area contributed by atoms with Crippen molar-refractivity contribution >= 4 is 33.3 Å². The molecule has 1 aliphatic heterocycles. The van der Waals surface area contributed by atoms with Gasteiger partial charge in [0.1, 0.15) is 0 Å². The lowest BCUT2D eigenvalue weighted by atomic mass is 9.92. The fraction of sp³-hybridized carbons (Fsp3) is 0.355. The minimum atomic E-state index is -3.86. The molecule has 3 aromatic rings. The standard InChI is InChI=1S/C31H37N3O5S/c1-5-33(22(2)3)26-14-12-25(13-15-26)32-30(35)21-39-31(36)20-29-28-9-7-6-8-24(28)18-19-34(29)40(37,38)27-16-10-23(4)11-17-27/h6-17,22,29H,5,18-21H2,1-4H3,(H,32,35)/t29-/m0/s1. The highest BCUT2D eigenvalue weighted by Crippen LogP contribution is 2.36. The van der Waals surface area contributed by atoms with Crippen LogP contribution in [0, 0.1) is 6.92 Å². The molecule has 1 heterocycles. The molecule has 212 valence electrons. The van der Waals surface area contributed by atoms with E-state index in [1.165, 1.54) is 4.31 Å². The second kappa shape index (κ2) is 12.7. The summed E-state index contributed by atoms with van der Waals surface area (Å²) >= 11 is 0. The lowest BCUT2D eigenvalue weighted by Gasteiger charge is -2.36. The Bertz CT molecular complexity index is 1440. The molecule has 0 unspecified atom stereocenters. The molecule has 9 heteroatoms. The summed E-state index contributed by atoms with van der Waals surface area (Å²) in [5.74, 6) is -1.11. The summed E-state index contributed by atoms with van der Waals surface area (Å²) in [7, 11) is -3.86. The Labute approximate surface area is 237 Å². The van der Waals surface area contributed by atoms with Crippen LogP contribution < -0.4 is 10.2 Å². The first-order valence-electron chi connectivity index (χ1n) is 13.6. The van der Waals surface area contributed by atoms with Crippen LogP contribution in [0.3, 0.4) is 0 Å². The number of nitrogens with one attached hydrogen (secondary N) is 1. The maximum Gasteiger partial charge on any atom is 0.308 e. The second-order valence-electron chi connectivity index (χ2n) is 10.2. The minimum Gasteiger partial charge on any atom is -0.456 e. The van der Waals surface area contributed by atoms with Crippen LogP contribution in [0.15, 0.2) is 77.7 Å². The van der Waals surface area contributed by atoms with E-state index in [4.69, 9.17) is 4.74 Å². The van der Waals surface area contributed by atoms with Crippen molar-refractivity contribution in [2.24, 2.45) is 0 Å². The average Bonchev–Trinajstić information content (AvgIpc) is 2.93. The first-order valence-corrected chi connectivity index (χ1v) is 15.0. The van der Waals surface area contributed by atoms with Crippen LogP contribution in [-0.2, 0) is 30.8 Å². The molecular formula is C31H37N3O5S. The quantitative estimate of drug-likeness (QED) is 0.345. The van der Waals surface area contributed by atoms with Gasteiger partial charge in [0.25, 0.3) is 5.91 Å². The molecule has 1 atom stereocenters. The average molecular weight is 564 g/mol. The maximum absolute atomic E-state index is 13.6. The van der Waals surface area contributed by atoms with Gasteiger partial charge in [0.2, 0.25) is 10.0 Å². The lowest BCUT2D eigenvalue weighted by molar-refractivity contribution is -0.148. The van der Waals surface area contributed by atoms with Crippen molar-refractivity contribution in [1.82, 2.24) is 4.31 Å². The van der Waals surface area contributed by atoms with Crippen molar-refractivity contribution in [1.29, 1.82) is 0 Å². The molecule has 1 amide bonds. The molecular weight excluding hydrogens is 526 g/mol. The molecule has 0 radical (unpaired) electrons. The Kier molecular flexibility index (Phi) is 9.27. The maximum atomic E-state index is 13.6. The second-order valence-corrected chi connectivity index (χ2v) is 12.1. The minimum absolute atomic E-state index is 0.177. The van der Waals surface area contributed by atoms with Gasteiger partial charge in [0, 0.05) is 30.5 Å². The van der Waals surface area contributed by atoms with Gasteiger partial charge in [-0.2, -0.15) is 4.31 Å².